The standard InChI is InChI=1S/C29H38F2O/c1-3-5-6-7-20-8-9-25-19-24(15-14-23(25)18-20)21-10-12-22(13-11-21)26-16-17-27(32-4-2)29(31)28(26)30/h10-13,16-17,20,23-25H,3-9,14-15,18-19H2,1-2H3/t20?,23-,24-,25-/m1/s1. The SMILES string of the molecule is CCCCCC1CC[C@@H]2C[C@H](c3ccc(-c4ccc(OCC)c(F)c4F)cc3)CC[C@@H]2C1. The van der Waals surface area contributed by atoms with E-state index in [1.165, 1.54) is 75.8 Å². The molecule has 1 unspecified atom stereocenters. The highest BCUT2D eigenvalue weighted by Crippen LogP contribution is 2.48. The van der Waals surface area contributed by atoms with Gasteiger partial charge in [0.05, 0.1) is 6.61 Å². The van der Waals surface area contributed by atoms with Gasteiger partial charge in [-0.15, -0.1) is 0 Å². The fourth-order valence-electron chi connectivity index (χ4n) is 6.19. The third kappa shape index (κ3) is 5.18. The average molecular weight is 441 g/mol. The Bertz CT molecular complexity index is 875. The highest BCUT2D eigenvalue weighted by Gasteiger charge is 2.35. The Balaban J connectivity index is 1.38. The van der Waals surface area contributed by atoms with Crippen molar-refractivity contribution in [3.05, 3.63) is 53.6 Å². The number of ether oxygens (including phenoxy) is 1. The summed E-state index contributed by atoms with van der Waals surface area (Å²) >= 11 is 0. The van der Waals surface area contributed by atoms with Crippen LogP contribution in [-0.4, -0.2) is 6.61 Å². The van der Waals surface area contributed by atoms with Gasteiger partial charge >= 0.3 is 0 Å². The smallest absolute Gasteiger partial charge is 0.201 e. The van der Waals surface area contributed by atoms with Crippen molar-refractivity contribution < 1.29 is 13.5 Å². The molecule has 2 aromatic carbocycles. The summed E-state index contributed by atoms with van der Waals surface area (Å²) in [5, 5.41) is 0. The van der Waals surface area contributed by atoms with Gasteiger partial charge in [-0.3, -0.25) is 0 Å². The number of rotatable bonds is 8. The minimum atomic E-state index is -0.906. The molecule has 0 radical (unpaired) electrons. The highest BCUT2D eigenvalue weighted by molar-refractivity contribution is 5.65. The molecule has 1 nitrogen and oxygen atoms in total. The van der Waals surface area contributed by atoms with Gasteiger partial charge in [0.2, 0.25) is 5.82 Å². The van der Waals surface area contributed by atoms with Crippen LogP contribution in [0.15, 0.2) is 36.4 Å². The summed E-state index contributed by atoms with van der Waals surface area (Å²) in [4.78, 5) is 0. The molecule has 2 fully saturated rings. The van der Waals surface area contributed by atoms with Crippen LogP contribution >= 0.6 is 0 Å². The van der Waals surface area contributed by atoms with Gasteiger partial charge in [-0.1, -0.05) is 63.3 Å². The molecule has 2 aliphatic rings. The van der Waals surface area contributed by atoms with Crippen LogP contribution in [0.25, 0.3) is 11.1 Å². The number of unbranched alkanes of at least 4 members (excludes halogenated alkanes) is 2. The van der Waals surface area contributed by atoms with E-state index in [4.69, 9.17) is 4.74 Å². The molecule has 0 bridgehead atoms. The Hall–Kier alpha value is -1.90. The van der Waals surface area contributed by atoms with Crippen LogP contribution in [0.3, 0.4) is 0 Å². The van der Waals surface area contributed by atoms with Gasteiger partial charge in [0.15, 0.2) is 11.6 Å². The first kappa shape index (κ1) is 23.3. The molecule has 0 saturated heterocycles. The van der Waals surface area contributed by atoms with Gasteiger partial charge in [0.1, 0.15) is 0 Å². The maximum absolute atomic E-state index is 14.6. The fraction of sp³-hybridized carbons (Fsp3) is 0.586. The molecular weight excluding hydrogens is 402 g/mol. The summed E-state index contributed by atoms with van der Waals surface area (Å²) in [7, 11) is 0. The van der Waals surface area contributed by atoms with E-state index in [1.807, 2.05) is 12.1 Å². The quantitative estimate of drug-likeness (QED) is 0.372. The minimum absolute atomic E-state index is 0.0257. The zero-order valence-corrected chi connectivity index (χ0v) is 19.7. The largest absolute Gasteiger partial charge is 0.491 e. The number of fused-ring (bicyclic) bond motifs is 1. The summed E-state index contributed by atoms with van der Waals surface area (Å²) in [6, 6.07) is 11.3. The lowest BCUT2D eigenvalue weighted by molar-refractivity contribution is 0.113. The van der Waals surface area contributed by atoms with Crippen LogP contribution in [0.4, 0.5) is 8.78 Å². The van der Waals surface area contributed by atoms with Crippen LogP contribution in [0.5, 0.6) is 5.75 Å². The molecular formula is C29H38F2O. The molecule has 0 N–H and O–H groups in total. The molecule has 4 atom stereocenters. The second kappa shape index (κ2) is 10.8. The van der Waals surface area contributed by atoms with E-state index in [0.29, 0.717) is 18.1 Å². The molecule has 0 heterocycles. The molecule has 2 saturated carbocycles. The van der Waals surface area contributed by atoms with E-state index >= 15 is 0 Å². The molecule has 0 amide bonds. The van der Waals surface area contributed by atoms with E-state index in [-0.39, 0.29) is 5.75 Å². The number of hydrogen-bond acceptors (Lipinski definition) is 1. The van der Waals surface area contributed by atoms with Crippen molar-refractivity contribution in [2.45, 2.75) is 84.0 Å². The minimum Gasteiger partial charge on any atom is -0.491 e. The van der Waals surface area contributed by atoms with Gasteiger partial charge in [-0.2, -0.15) is 4.39 Å². The van der Waals surface area contributed by atoms with Crippen LogP contribution in [0.2, 0.25) is 0 Å². The zero-order valence-electron chi connectivity index (χ0n) is 19.7. The average Bonchev–Trinajstić information content (AvgIpc) is 2.82. The van der Waals surface area contributed by atoms with Crippen LogP contribution in [0.1, 0.15) is 89.5 Å². The predicted octanol–water partition coefficient (Wildman–Crippen LogP) is 8.91. The molecule has 2 aromatic rings. The van der Waals surface area contributed by atoms with E-state index in [1.54, 1.807) is 13.0 Å². The molecule has 0 aromatic heterocycles. The molecule has 0 spiro atoms. The number of benzene rings is 2. The second-order valence-corrected chi connectivity index (χ2v) is 10.00. The molecule has 4 rings (SSSR count). The Morgan fingerprint density at radius 1 is 0.812 bits per heavy atom. The third-order valence-corrected chi connectivity index (χ3v) is 7.98. The normalized spacial score (nSPS) is 25.4. The lowest BCUT2D eigenvalue weighted by Crippen LogP contribution is -2.30. The summed E-state index contributed by atoms with van der Waals surface area (Å²) in [6.45, 7) is 4.36. The monoisotopic (exact) mass is 440 g/mol. The van der Waals surface area contributed by atoms with Crippen LogP contribution in [-0.2, 0) is 0 Å². The zero-order chi connectivity index (χ0) is 22.5. The summed E-state index contributed by atoms with van der Waals surface area (Å²) in [5.41, 5.74) is 2.36. The Morgan fingerprint density at radius 2 is 1.56 bits per heavy atom. The second-order valence-electron chi connectivity index (χ2n) is 10.00. The summed E-state index contributed by atoms with van der Waals surface area (Å²) in [6.07, 6.45) is 13.7. The van der Waals surface area contributed by atoms with E-state index in [9.17, 15) is 8.78 Å². The van der Waals surface area contributed by atoms with E-state index in [0.717, 1.165) is 23.3 Å². The van der Waals surface area contributed by atoms with Crippen molar-refractivity contribution in [1.82, 2.24) is 0 Å². The molecule has 3 heteroatoms. The Kier molecular flexibility index (Phi) is 7.86. The lowest BCUT2D eigenvalue weighted by Gasteiger charge is -2.42. The van der Waals surface area contributed by atoms with Crippen LogP contribution < -0.4 is 4.74 Å². The number of halogens is 2. The fourth-order valence-corrected chi connectivity index (χ4v) is 6.19. The van der Waals surface area contributed by atoms with Gasteiger partial charge in [-0.25, -0.2) is 4.39 Å². The van der Waals surface area contributed by atoms with Crippen molar-refractivity contribution in [2.75, 3.05) is 6.61 Å². The predicted molar refractivity (Wildman–Crippen MR) is 128 cm³/mol. The van der Waals surface area contributed by atoms with Crippen molar-refractivity contribution in [2.24, 2.45) is 17.8 Å². The molecule has 32 heavy (non-hydrogen) atoms. The van der Waals surface area contributed by atoms with Crippen molar-refractivity contribution in [3.63, 3.8) is 0 Å². The van der Waals surface area contributed by atoms with Crippen molar-refractivity contribution >= 4 is 0 Å². The molecule has 174 valence electrons. The maximum Gasteiger partial charge on any atom is 0.201 e. The third-order valence-electron chi connectivity index (χ3n) is 7.98. The summed E-state index contributed by atoms with van der Waals surface area (Å²) < 4.78 is 34.0. The number of hydrogen-bond donors (Lipinski definition) is 0. The van der Waals surface area contributed by atoms with Gasteiger partial charge in [-0.05, 0) is 86.0 Å². The first-order valence-corrected chi connectivity index (χ1v) is 12.8. The lowest BCUT2D eigenvalue weighted by atomic mass is 9.63. The summed E-state index contributed by atoms with van der Waals surface area (Å²) in [5.74, 6) is 1.59. The van der Waals surface area contributed by atoms with E-state index < -0.39 is 11.6 Å². The first-order valence-electron chi connectivity index (χ1n) is 12.8. The topological polar surface area (TPSA) is 9.23 Å². The molecule has 2 aliphatic carbocycles. The Morgan fingerprint density at radius 3 is 2.31 bits per heavy atom. The first-order chi connectivity index (χ1) is 15.6. The van der Waals surface area contributed by atoms with Gasteiger partial charge in [0, 0.05) is 5.56 Å². The van der Waals surface area contributed by atoms with E-state index in [2.05, 4.69) is 19.1 Å². The van der Waals surface area contributed by atoms with Gasteiger partial charge in [0.25, 0.3) is 0 Å². The van der Waals surface area contributed by atoms with Crippen molar-refractivity contribution in [1.29, 1.82) is 0 Å². The van der Waals surface area contributed by atoms with Crippen molar-refractivity contribution in [3.8, 4) is 16.9 Å². The molecule has 0 aliphatic heterocycles. The maximum atomic E-state index is 14.6. The highest BCUT2D eigenvalue weighted by atomic mass is 19.2. The Labute approximate surface area is 192 Å². The van der Waals surface area contributed by atoms with Crippen LogP contribution in [0, 0.1) is 29.4 Å². The van der Waals surface area contributed by atoms with Gasteiger partial charge < -0.3 is 4.74 Å².